The van der Waals surface area contributed by atoms with Crippen molar-refractivity contribution >= 4 is 17.7 Å². The number of ether oxygens (including phenoxy) is 1. The van der Waals surface area contributed by atoms with Gasteiger partial charge in [0.25, 0.3) is 0 Å². The third kappa shape index (κ3) is 7.10. The van der Waals surface area contributed by atoms with Crippen LogP contribution in [0.15, 0.2) is 24.3 Å². The van der Waals surface area contributed by atoms with E-state index in [0.717, 1.165) is 5.56 Å². The van der Waals surface area contributed by atoms with Crippen molar-refractivity contribution < 1.29 is 24.2 Å². The number of aliphatic hydroxyl groups is 1. The summed E-state index contributed by atoms with van der Waals surface area (Å²) in [5, 5.41) is 15.4. The first-order valence-electron chi connectivity index (χ1n) is 8.43. The van der Waals surface area contributed by atoms with Gasteiger partial charge in [-0.1, -0.05) is 19.1 Å². The molecular formula is C18H27N3O5. The third-order valence-electron chi connectivity index (χ3n) is 3.92. The molecule has 0 aliphatic heterocycles. The van der Waals surface area contributed by atoms with Crippen molar-refractivity contribution in [1.82, 2.24) is 10.6 Å². The van der Waals surface area contributed by atoms with Gasteiger partial charge < -0.3 is 26.2 Å². The molecule has 3 unspecified atom stereocenters. The highest BCUT2D eigenvalue weighted by Crippen LogP contribution is 2.14. The molecule has 3 atom stereocenters. The van der Waals surface area contributed by atoms with Gasteiger partial charge in [-0.2, -0.15) is 0 Å². The highest BCUT2D eigenvalue weighted by molar-refractivity contribution is 5.91. The number of amides is 3. The SMILES string of the molecule is CCC(O)C(Cc1ccc(OC)cc1)NC(=O)C(CC(N)=O)NC(C)=O. The molecule has 0 saturated carbocycles. The molecular weight excluding hydrogens is 338 g/mol. The van der Waals surface area contributed by atoms with Crippen LogP contribution < -0.4 is 21.1 Å². The van der Waals surface area contributed by atoms with Gasteiger partial charge in [-0.05, 0) is 30.5 Å². The van der Waals surface area contributed by atoms with E-state index in [4.69, 9.17) is 10.5 Å². The molecule has 0 aromatic heterocycles. The highest BCUT2D eigenvalue weighted by atomic mass is 16.5. The topological polar surface area (TPSA) is 131 Å². The summed E-state index contributed by atoms with van der Waals surface area (Å²) in [5.74, 6) is -1.02. The van der Waals surface area contributed by atoms with Crippen molar-refractivity contribution in [2.24, 2.45) is 5.73 Å². The predicted octanol–water partition coefficient (Wildman–Crippen LogP) is -0.126. The van der Waals surface area contributed by atoms with Crippen LogP contribution in [0.1, 0.15) is 32.3 Å². The van der Waals surface area contributed by atoms with Gasteiger partial charge in [0.1, 0.15) is 11.8 Å². The lowest BCUT2D eigenvalue weighted by Gasteiger charge is -2.26. The van der Waals surface area contributed by atoms with Gasteiger partial charge >= 0.3 is 0 Å². The quantitative estimate of drug-likeness (QED) is 0.459. The number of benzene rings is 1. The highest BCUT2D eigenvalue weighted by Gasteiger charge is 2.27. The summed E-state index contributed by atoms with van der Waals surface area (Å²) >= 11 is 0. The average molecular weight is 365 g/mol. The average Bonchev–Trinajstić information content (AvgIpc) is 2.59. The predicted molar refractivity (Wildman–Crippen MR) is 96.3 cm³/mol. The van der Waals surface area contributed by atoms with Crippen LogP contribution in [0, 0.1) is 0 Å². The summed E-state index contributed by atoms with van der Waals surface area (Å²) in [6.45, 7) is 3.05. The molecule has 144 valence electrons. The van der Waals surface area contributed by atoms with Crippen LogP contribution in [0.3, 0.4) is 0 Å². The van der Waals surface area contributed by atoms with E-state index in [9.17, 15) is 19.5 Å². The van der Waals surface area contributed by atoms with E-state index in [0.29, 0.717) is 18.6 Å². The van der Waals surface area contributed by atoms with Crippen molar-refractivity contribution in [2.45, 2.75) is 51.3 Å². The molecule has 0 saturated heterocycles. The number of hydrogen-bond donors (Lipinski definition) is 4. The molecule has 3 amide bonds. The van der Waals surface area contributed by atoms with E-state index >= 15 is 0 Å². The molecule has 26 heavy (non-hydrogen) atoms. The fourth-order valence-electron chi connectivity index (χ4n) is 2.52. The Balaban J connectivity index is 2.88. The van der Waals surface area contributed by atoms with Crippen molar-refractivity contribution in [3.8, 4) is 5.75 Å². The lowest BCUT2D eigenvalue weighted by molar-refractivity contribution is -0.131. The molecule has 0 heterocycles. The second-order valence-electron chi connectivity index (χ2n) is 6.07. The van der Waals surface area contributed by atoms with Gasteiger partial charge in [-0.3, -0.25) is 14.4 Å². The summed E-state index contributed by atoms with van der Waals surface area (Å²) in [6, 6.07) is 5.61. The van der Waals surface area contributed by atoms with Gasteiger partial charge in [0.2, 0.25) is 17.7 Å². The van der Waals surface area contributed by atoms with Crippen molar-refractivity contribution in [1.29, 1.82) is 0 Å². The van der Waals surface area contributed by atoms with Crippen LogP contribution in [0.25, 0.3) is 0 Å². The lowest BCUT2D eigenvalue weighted by atomic mass is 9.99. The number of carbonyl (C=O) groups excluding carboxylic acids is 3. The molecule has 5 N–H and O–H groups in total. The Morgan fingerprint density at radius 2 is 1.81 bits per heavy atom. The first-order chi connectivity index (χ1) is 12.3. The first kappa shape index (κ1) is 21.4. The van der Waals surface area contributed by atoms with E-state index in [1.165, 1.54) is 6.92 Å². The van der Waals surface area contributed by atoms with Gasteiger partial charge in [0.15, 0.2) is 0 Å². The second-order valence-corrected chi connectivity index (χ2v) is 6.07. The number of hydrogen-bond acceptors (Lipinski definition) is 5. The number of nitrogens with two attached hydrogens (primary N) is 1. The smallest absolute Gasteiger partial charge is 0.243 e. The molecule has 0 spiro atoms. The number of methoxy groups -OCH3 is 1. The van der Waals surface area contributed by atoms with Crippen LogP contribution in [-0.2, 0) is 20.8 Å². The molecule has 8 heteroatoms. The van der Waals surface area contributed by atoms with Crippen LogP contribution in [-0.4, -0.2) is 48.1 Å². The number of carbonyl (C=O) groups is 3. The van der Waals surface area contributed by atoms with E-state index < -0.39 is 35.9 Å². The number of aliphatic hydroxyl groups excluding tert-OH is 1. The second kappa shape index (κ2) is 10.4. The van der Waals surface area contributed by atoms with Crippen molar-refractivity contribution in [2.75, 3.05) is 7.11 Å². The van der Waals surface area contributed by atoms with Gasteiger partial charge in [0, 0.05) is 6.92 Å². The molecule has 8 nitrogen and oxygen atoms in total. The first-order valence-corrected chi connectivity index (χ1v) is 8.43. The molecule has 1 aromatic rings. The Hall–Kier alpha value is -2.61. The van der Waals surface area contributed by atoms with E-state index in [2.05, 4.69) is 10.6 Å². The van der Waals surface area contributed by atoms with Crippen molar-refractivity contribution in [3.05, 3.63) is 29.8 Å². The minimum atomic E-state index is -1.08. The molecule has 1 rings (SSSR count). The number of nitrogens with one attached hydrogen (secondary N) is 2. The minimum absolute atomic E-state index is 0.317. The molecule has 0 fully saturated rings. The van der Waals surface area contributed by atoms with Gasteiger partial charge in [0.05, 0.1) is 25.7 Å². The largest absolute Gasteiger partial charge is 0.497 e. The normalized spacial score (nSPS) is 14.0. The maximum Gasteiger partial charge on any atom is 0.243 e. The summed E-state index contributed by atoms with van der Waals surface area (Å²) in [5.41, 5.74) is 6.04. The number of primary amides is 1. The van der Waals surface area contributed by atoms with Crippen LogP contribution in [0.5, 0.6) is 5.75 Å². The number of rotatable bonds is 10. The maximum absolute atomic E-state index is 12.5. The molecule has 1 aromatic carbocycles. The standard InChI is InChI=1S/C18H27N3O5/c1-4-16(23)14(9-12-5-7-13(26-3)8-6-12)21-18(25)15(10-17(19)24)20-11(2)22/h5-8,14-16,23H,4,9-10H2,1-3H3,(H2,19,24)(H,20,22)(H,21,25). The third-order valence-corrected chi connectivity index (χ3v) is 3.92. The molecule has 0 radical (unpaired) electrons. The lowest BCUT2D eigenvalue weighted by Crippen LogP contribution is -2.53. The summed E-state index contributed by atoms with van der Waals surface area (Å²) in [4.78, 5) is 34.9. The summed E-state index contributed by atoms with van der Waals surface area (Å²) in [6.07, 6.45) is -0.286. The fourth-order valence-corrected chi connectivity index (χ4v) is 2.52. The fraction of sp³-hybridized carbons (Fsp3) is 0.500. The van der Waals surface area contributed by atoms with E-state index in [1.54, 1.807) is 26.2 Å². The monoisotopic (exact) mass is 365 g/mol. The van der Waals surface area contributed by atoms with E-state index in [-0.39, 0.29) is 6.42 Å². The zero-order chi connectivity index (χ0) is 19.7. The molecule has 0 bridgehead atoms. The Morgan fingerprint density at radius 1 is 1.19 bits per heavy atom. The minimum Gasteiger partial charge on any atom is -0.497 e. The van der Waals surface area contributed by atoms with Gasteiger partial charge in [-0.15, -0.1) is 0 Å². The Bertz CT molecular complexity index is 602. The van der Waals surface area contributed by atoms with Gasteiger partial charge in [-0.25, -0.2) is 0 Å². The molecule has 0 aliphatic carbocycles. The van der Waals surface area contributed by atoms with E-state index in [1.807, 2.05) is 12.1 Å². The zero-order valence-electron chi connectivity index (χ0n) is 15.3. The Morgan fingerprint density at radius 3 is 2.27 bits per heavy atom. The van der Waals surface area contributed by atoms with Crippen LogP contribution in [0.4, 0.5) is 0 Å². The Labute approximate surface area is 153 Å². The molecule has 0 aliphatic rings. The maximum atomic E-state index is 12.5. The zero-order valence-corrected chi connectivity index (χ0v) is 15.3. The van der Waals surface area contributed by atoms with Crippen LogP contribution in [0.2, 0.25) is 0 Å². The summed E-state index contributed by atoms with van der Waals surface area (Å²) < 4.78 is 5.11. The summed E-state index contributed by atoms with van der Waals surface area (Å²) in [7, 11) is 1.57. The van der Waals surface area contributed by atoms with Crippen molar-refractivity contribution in [3.63, 3.8) is 0 Å². The van der Waals surface area contributed by atoms with Crippen LogP contribution >= 0.6 is 0 Å². The Kier molecular flexibility index (Phi) is 8.57.